The number of aryl methyl sites for hydroxylation is 5. The van der Waals surface area contributed by atoms with Gasteiger partial charge in [0.1, 0.15) is 16.2 Å². The molecule has 0 unspecified atom stereocenters. The van der Waals surface area contributed by atoms with Crippen molar-refractivity contribution in [1.29, 1.82) is 0 Å². The zero-order valence-electron chi connectivity index (χ0n) is 26.9. The number of carbonyl (C=O) groups is 1. The molecular weight excluding hydrogens is 612 g/mol. The van der Waals surface area contributed by atoms with E-state index in [0.29, 0.717) is 55.7 Å². The molecule has 238 valence electrons. The number of rotatable bonds is 6. The maximum atomic E-state index is 12.3. The second-order valence-corrected chi connectivity index (χ2v) is 13.4. The van der Waals surface area contributed by atoms with Crippen LogP contribution in [0.15, 0.2) is 93.2 Å². The van der Waals surface area contributed by atoms with E-state index in [2.05, 4.69) is 24.4 Å². The maximum absolute atomic E-state index is 12.3. The summed E-state index contributed by atoms with van der Waals surface area (Å²) in [6.07, 6.45) is 0. The summed E-state index contributed by atoms with van der Waals surface area (Å²) >= 11 is 0. The van der Waals surface area contributed by atoms with Crippen LogP contribution in [0.4, 0.5) is 17.1 Å². The summed E-state index contributed by atoms with van der Waals surface area (Å²) < 4.78 is 40.8. The Morgan fingerprint density at radius 2 is 1.49 bits per heavy atom. The van der Waals surface area contributed by atoms with Crippen LogP contribution in [0.3, 0.4) is 0 Å². The van der Waals surface area contributed by atoms with Gasteiger partial charge in [-0.3, -0.25) is 4.55 Å². The Morgan fingerprint density at radius 1 is 0.787 bits per heavy atom. The van der Waals surface area contributed by atoms with E-state index in [4.69, 9.17) is 9.41 Å². The van der Waals surface area contributed by atoms with Crippen molar-refractivity contribution in [2.45, 2.75) is 46.4 Å². The van der Waals surface area contributed by atoms with Crippen molar-refractivity contribution in [3.8, 4) is 22.5 Å². The predicted molar refractivity (Wildman–Crippen MR) is 185 cm³/mol. The molecule has 0 fully saturated rings. The smallest absolute Gasteiger partial charge is 0.336 e. The van der Waals surface area contributed by atoms with Crippen LogP contribution in [0.2, 0.25) is 0 Å². The van der Waals surface area contributed by atoms with Gasteiger partial charge in [0.2, 0.25) is 0 Å². The molecule has 2 aliphatic rings. The Balaban J connectivity index is 1.60. The van der Waals surface area contributed by atoms with E-state index in [1.54, 1.807) is 44.2 Å². The lowest BCUT2D eigenvalue weighted by Gasteiger charge is -2.19. The molecule has 0 bridgehead atoms. The molecule has 4 aromatic carbocycles. The van der Waals surface area contributed by atoms with Gasteiger partial charge < -0.3 is 14.8 Å². The quantitative estimate of drug-likeness (QED) is 0.122. The van der Waals surface area contributed by atoms with E-state index in [1.165, 1.54) is 0 Å². The number of benzene rings is 5. The van der Waals surface area contributed by atoms with Crippen LogP contribution in [-0.2, 0) is 10.1 Å². The van der Waals surface area contributed by atoms with Gasteiger partial charge in [-0.1, -0.05) is 42.0 Å². The van der Waals surface area contributed by atoms with E-state index in [-0.39, 0.29) is 10.5 Å². The molecule has 0 amide bonds. The molecule has 0 atom stereocenters. The van der Waals surface area contributed by atoms with Gasteiger partial charge in [-0.05, 0) is 105 Å². The summed E-state index contributed by atoms with van der Waals surface area (Å²) in [5.74, 6) is -0.525. The zero-order chi connectivity index (χ0) is 33.8. The van der Waals surface area contributed by atoms with Gasteiger partial charge in [-0.2, -0.15) is 8.42 Å². The second-order valence-electron chi connectivity index (χ2n) is 12.0. The minimum absolute atomic E-state index is 0.134. The van der Waals surface area contributed by atoms with Gasteiger partial charge in [0.15, 0.2) is 0 Å². The Morgan fingerprint density at radius 3 is 2.17 bits per heavy atom. The van der Waals surface area contributed by atoms with Crippen LogP contribution in [-0.4, -0.2) is 24.0 Å². The summed E-state index contributed by atoms with van der Waals surface area (Å²) in [7, 11) is -4.45. The van der Waals surface area contributed by atoms with Gasteiger partial charge in [0, 0.05) is 40.0 Å². The van der Waals surface area contributed by atoms with Crippen molar-refractivity contribution in [3.05, 3.63) is 123 Å². The third kappa shape index (κ3) is 5.91. The first-order valence-corrected chi connectivity index (χ1v) is 16.5. The maximum Gasteiger partial charge on any atom is 0.336 e. The zero-order valence-corrected chi connectivity index (χ0v) is 27.7. The fourth-order valence-electron chi connectivity index (χ4n) is 6.58. The number of carboxylic acid groups (broad SMARTS) is 1. The number of hydrogen-bond donors (Lipinski definition) is 3. The van der Waals surface area contributed by atoms with Gasteiger partial charge >= 0.3 is 5.97 Å². The monoisotopic (exact) mass is 646 g/mol. The summed E-state index contributed by atoms with van der Waals surface area (Å²) in [4.78, 5) is 17.2. The minimum atomic E-state index is -4.45. The fraction of sp³-hybridized carbons (Fsp3) is 0.158. The van der Waals surface area contributed by atoms with Crippen LogP contribution in [0, 0.1) is 41.5 Å². The van der Waals surface area contributed by atoms with E-state index >= 15 is 0 Å². The van der Waals surface area contributed by atoms with Crippen LogP contribution in [0.1, 0.15) is 43.7 Å². The lowest BCUT2D eigenvalue weighted by Crippen LogP contribution is -2.08. The Kier molecular flexibility index (Phi) is 7.99. The van der Waals surface area contributed by atoms with Crippen molar-refractivity contribution < 1.29 is 27.3 Å². The summed E-state index contributed by atoms with van der Waals surface area (Å²) in [6.45, 7) is 11.3. The first-order chi connectivity index (χ1) is 22.2. The molecule has 9 heteroatoms. The topological polar surface area (TPSA) is 129 Å². The third-order valence-electron chi connectivity index (χ3n) is 8.44. The van der Waals surface area contributed by atoms with Gasteiger partial charge in [-0.15, -0.1) is 0 Å². The van der Waals surface area contributed by atoms with Gasteiger partial charge in [0.05, 0.1) is 16.6 Å². The minimum Gasteiger partial charge on any atom is -0.478 e. The highest BCUT2D eigenvalue weighted by Gasteiger charge is 2.23. The number of nitrogens with zero attached hydrogens (tertiary/aromatic N) is 1. The highest BCUT2D eigenvalue weighted by molar-refractivity contribution is 7.86. The molecule has 0 spiro atoms. The first-order valence-electron chi connectivity index (χ1n) is 15.0. The largest absolute Gasteiger partial charge is 0.478 e. The van der Waals surface area contributed by atoms with Crippen LogP contribution in [0.25, 0.3) is 33.4 Å². The Hall–Kier alpha value is -5.25. The Bertz CT molecular complexity index is 2380. The molecule has 1 aliphatic carbocycles. The Labute approximate surface area is 273 Å². The molecule has 1 heterocycles. The van der Waals surface area contributed by atoms with Gasteiger partial charge in [-0.25, -0.2) is 9.79 Å². The average molecular weight is 647 g/mol. The molecule has 0 radical (unpaired) electrons. The first kappa shape index (κ1) is 31.7. The number of nitrogens with one attached hydrogen (secondary N) is 1. The highest BCUT2D eigenvalue weighted by Crippen LogP contribution is 2.42. The van der Waals surface area contributed by atoms with E-state index < -0.39 is 16.1 Å². The fourth-order valence-corrected chi connectivity index (χ4v) is 7.54. The second kappa shape index (κ2) is 11.8. The van der Waals surface area contributed by atoms with E-state index in [0.717, 1.165) is 33.5 Å². The molecule has 3 N–H and O–H groups in total. The molecule has 4 aromatic rings. The SMILES string of the molecule is Cc1cc(C)c(N=c2ccc3c(-c4ccccc4C(=O)O)c4ccc(Nc5c(C)cc(C)c(S(=O)(=O)O)c5C)cc4oc-3c2)c(C)c1. The van der Waals surface area contributed by atoms with Crippen LogP contribution < -0.4 is 10.7 Å². The third-order valence-corrected chi connectivity index (χ3v) is 9.58. The number of fused-ring (bicyclic) bond motifs is 2. The van der Waals surface area contributed by atoms with E-state index in [9.17, 15) is 22.9 Å². The molecule has 6 rings (SSSR count). The summed E-state index contributed by atoms with van der Waals surface area (Å²) in [5, 5.41) is 14.8. The lowest BCUT2D eigenvalue weighted by atomic mass is 9.90. The molecule has 0 saturated heterocycles. The predicted octanol–water partition coefficient (Wildman–Crippen LogP) is 8.98. The van der Waals surface area contributed by atoms with Crippen molar-refractivity contribution in [2.75, 3.05) is 5.32 Å². The number of hydrogen-bond acceptors (Lipinski definition) is 6. The van der Waals surface area contributed by atoms with Crippen molar-refractivity contribution in [1.82, 2.24) is 0 Å². The molecule has 47 heavy (non-hydrogen) atoms. The number of aromatic carboxylic acids is 1. The molecule has 1 aliphatic heterocycles. The molecule has 0 saturated carbocycles. The lowest BCUT2D eigenvalue weighted by molar-refractivity contribution is 0.0697. The van der Waals surface area contributed by atoms with Gasteiger partial charge in [0.25, 0.3) is 10.1 Å². The number of anilines is 2. The molecule has 0 aromatic heterocycles. The molecule has 8 nitrogen and oxygen atoms in total. The summed E-state index contributed by atoms with van der Waals surface area (Å²) in [6, 6.07) is 23.9. The van der Waals surface area contributed by atoms with E-state index in [1.807, 2.05) is 57.2 Å². The van der Waals surface area contributed by atoms with Crippen LogP contribution in [0.5, 0.6) is 0 Å². The average Bonchev–Trinajstić information content (AvgIpc) is 2.98. The highest BCUT2D eigenvalue weighted by atomic mass is 32.2. The number of carboxylic acids is 1. The molecular formula is C38H34N2O6S. The van der Waals surface area contributed by atoms with Crippen molar-refractivity contribution in [3.63, 3.8) is 0 Å². The normalized spacial score (nSPS) is 12.2. The van der Waals surface area contributed by atoms with Crippen molar-refractivity contribution in [2.24, 2.45) is 4.99 Å². The standard InChI is InChI=1S/C38H34N2O6S/c1-20-15-21(2)35(22(3)16-20)39-26-11-13-30-32(18-26)46-33-19-27(40-36-23(4)17-24(5)37(25(36)6)47(43,44)45)12-14-31(33)34(30)28-9-7-8-10-29(28)38(41)42/h7-19,40H,1-6H3,(H,41,42)(H,43,44,45). The van der Waals surface area contributed by atoms with Crippen molar-refractivity contribution >= 4 is 44.1 Å². The summed E-state index contributed by atoms with van der Waals surface area (Å²) in [5.41, 5.74) is 9.58. The van der Waals surface area contributed by atoms with Crippen LogP contribution >= 0.6 is 0 Å².